The lowest BCUT2D eigenvalue weighted by Gasteiger charge is -2.21. The highest BCUT2D eigenvalue weighted by atomic mass is 35.5. The topological polar surface area (TPSA) is 67.4 Å². The second-order valence-corrected chi connectivity index (χ2v) is 6.51. The molecule has 3 aromatic rings. The van der Waals surface area contributed by atoms with Gasteiger partial charge in [-0.15, -0.1) is 0 Å². The lowest BCUT2D eigenvalue weighted by atomic mass is 10.2. The van der Waals surface area contributed by atoms with Crippen LogP contribution < -0.4 is 10.1 Å². The third-order valence-corrected chi connectivity index (χ3v) is 4.43. The van der Waals surface area contributed by atoms with Crippen molar-refractivity contribution in [3.8, 4) is 5.75 Å². The molecule has 6 nitrogen and oxygen atoms in total. The van der Waals surface area contributed by atoms with Gasteiger partial charge >= 0.3 is 0 Å². The minimum Gasteiger partial charge on any atom is -0.495 e. The number of methoxy groups -OCH3 is 1. The quantitative estimate of drug-likeness (QED) is 0.634. The highest BCUT2D eigenvalue weighted by Crippen LogP contribution is 2.29. The molecule has 1 N–H and O–H groups in total. The van der Waals surface area contributed by atoms with Crippen LogP contribution in [0.4, 0.5) is 11.6 Å². The van der Waals surface area contributed by atoms with E-state index in [2.05, 4.69) is 15.3 Å². The van der Waals surface area contributed by atoms with E-state index in [1.807, 2.05) is 37.3 Å². The number of benzene rings is 2. The number of nitrogens with one attached hydrogen (secondary N) is 1. The van der Waals surface area contributed by atoms with Gasteiger partial charge in [-0.25, -0.2) is 9.97 Å². The highest BCUT2D eigenvalue weighted by Gasteiger charge is 2.16. The number of nitrogens with zero attached hydrogens (tertiary/aromatic N) is 3. The van der Waals surface area contributed by atoms with E-state index in [-0.39, 0.29) is 5.91 Å². The molecular weight excluding hydrogens is 376 g/mol. The molecule has 0 bridgehead atoms. The Morgan fingerprint density at radius 1 is 1.14 bits per heavy atom. The van der Waals surface area contributed by atoms with Crippen LogP contribution >= 0.6 is 11.6 Å². The van der Waals surface area contributed by atoms with Crippen LogP contribution in [-0.2, 0) is 6.54 Å². The van der Waals surface area contributed by atoms with Crippen LogP contribution in [0.5, 0.6) is 5.75 Å². The molecule has 0 fully saturated rings. The van der Waals surface area contributed by atoms with E-state index in [1.165, 1.54) is 12.4 Å². The first-order valence-corrected chi connectivity index (χ1v) is 9.24. The summed E-state index contributed by atoms with van der Waals surface area (Å²) in [6.45, 7) is 3.08. The maximum atomic E-state index is 12.8. The smallest absolute Gasteiger partial charge is 0.257 e. The molecule has 1 amide bonds. The number of hydrogen-bond donors (Lipinski definition) is 1. The molecule has 0 aliphatic heterocycles. The van der Waals surface area contributed by atoms with Crippen molar-refractivity contribution in [2.24, 2.45) is 0 Å². The van der Waals surface area contributed by atoms with Gasteiger partial charge in [0, 0.05) is 30.5 Å². The average molecular weight is 397 g/mol. The fourth-order valence-corrected chi connectivity index (χ4v) is 2.89. The fraction of sp³-hybridized carbons (Fsp3) is 0.190. The molecule has 2 aromatic carbocycles. The average Bonchev–Trinajstić information content (AvgIpc) is 2.73. The van der Waals surface area contributed by atoms with Gasteiger partial charge in [-0.2, -0.15) is 0 Å². The normalized spacial score (nSPS) is 10.4. The van der Waals surface area contributed by atoms with Crippen molar-refractivity contribution in [1.82, 2.24) is 14.9 Å². The summed E-state index contributed by atoms with van der Waals surface area (Å²) in [5, 5.41) is 3.62. The summed E-state index contributed by atoms with van der Waals surface area (Å²) in [7, 11) is 1.57. The van der Waals surface area contributed by atoms with Crippen LogP contribution in [0.2, 0.25) is 5.02 Å². The van der Waals surface area contributed by atoms with Crippen LogP contribution in [0.25, 0.3) is 0 Å². The van der Waals surface area contributed by atoms with Crippen LogP contribution in [0.3, 0.4) is 0 Å². The number of halogens is 1. The molecule has 0 aliphatic carbocycles. The zero-order chi connectivity index (χ0) is 19.9. The first-order valence-electron chi connectivity index (χ1n) is 8.86. The molecule has 0 unspecified atom stereocenters. The lowest BCUT2D eigenvalue weighted by molar-refractivity contribution is 0.0751. The van der Waals surface area contributed by atoms with Crippen LogP contribution in [0, 0.1) is 0 Å². The van der Waals surface area contributed by atoms with Gasteiger partial charge in [-0.1, -0.05) is 41.9 Å². The third-order valence-electron chi connectivity index (χ3n) is 4.19. The summed E-state index contributed by atoms with van der Waals surface area (Å²) >= 11 is 6.04. The van der Waals surface area contributed by atoms with Crippen LogP contribution in [-0.4, -0.2) is 34.4 Å². The molecule has 1 heterocycles. The maximum Gasteiger partial charge on any atom is 0.257 e. The minimum absolute atomic E-state index is 0.113. The van der Waals surface area contributed by atoms with E-state index in [9.17, 15) is 4.79 Å². The molecule has 0 spiro atoms. The Labute approximate surface area is 169 Å². The number of anilines is 2. The Hall–Kier alpha value is -3.12. The molecule has 0 saturated heterocycles. The van der Waals surface area contributed by atoms with Crippen molar-refractivity contribution < 1.29 is 9.53 Å². The number of ether oxygens (including phenoxy) is 1. The SMILES string of the molecule is CCN(Cc1ccccc1)C(=O)c1cnc(Nc2cc(Cl)ccc2OC)nc1. The van der Waals surface area contributed by atoms with Crippen LogP contribution in [0.1, 0.15) is 22.8 Å². The van der Waals surface area contributed by atoms with Crippen molar-refractivity contribution in [3.63, 3.8) is 0 Å². The van der Waals surface area contributed by atoms with Crippen molar-refractivity contribution in [3.05, 3.63) is 77.1 Å². The second kappa shape index (κ2) is 9.19. The zero-order valence-electron chi connectivity index (χ0n) is 15.7. The van der Waals surface area contributed by atoms with Gasteiger partial charge < -0.3 is 15.0 Å². The number of rotatable bonds is 7. The summed E-state index contributed by atoms with van der Waals surface area (Å²) in [5.41, 5.74) is 2.15. The van der Waals surface area contributed by atoms with Crippen molar-refractivity contribution in [2.45, 2.75) is 13.5 Å². The van der Waals surface area contributed by atoms with E-state index in [1.54, 1.807) is 30.2 Å². The number of hydrogen-bond acceptors (Lipinski definition) is 5. The van der Waals surface area contributed by atoms with E-state index < -0.39 is 0 Å². The van der Waals surface area contributed by atoms with E-state index in [4.69, 9.17) is 16.3 Å². The highest BCUT2D eigenvalue weighted by molar-refractivity contribution is 6.31. The summed E-state index contributed by atoms with van der Waals surface area (Å²) in [6, 6.07) is 15.1. The van der Waals surface area contributed by atoms with Gasteiger partial charge in [0.1, 0.15) is 5.75 Å². The number of aromatic nitrogens is 2. The van der Waals surface area contributed by atoms with Gasteiger partial charge in [-0.05, 0) is 30.7 Å². The molecule has 144 valence electrons. The first-order chi connectivity index (χ1) is 13.6. The van der Waals surface area contributed by atoms with Gasteiger partial charge in [0.2, 0.25) is 5.95 Å². The Bertz CT molecular complexity index is 933. The van der Waals surface area contributed by atoms with Gasteiger partial charge in [0.25, 0.3) is 5.91 Å². The maximum absolute atomic E-state index is 12.8. The number of carbonyl (C=O) groups excluding carboxylic acids is 1. The molecule has 0 aliphatic rings. The fourth-order valence-electron chi connectivity index (χ4n) is 2.71. The molecule has 0 radical (unpaired) electrons. The summed E-state index contributed by atoms with van der Waals surface area (Å²) in [5.74, 6) is 0.856. The monoisotopic (exact) mass is 396 g/mol. The standard InChI is InChI=1S/C21H21ClN4O2/c1-3-26(14-15-7-5-4-6-8-15)20(27)16-12-23-21(24-13-16)25-18-11-17(22)9-10-19(18)28-2/h4-13H,3,14H2,1-2H3,(H,23,24,25). The van der Waals surface area contributed by atoms with Crippen LogP contribution in [0.15, 0.2) is 60.9 Å². The van der Waals surface area contributed by atoms with Gasteiger partial charge in [0.05, 0.1) is 18.4 Å². The summed E-state index contributed by atoms with van der Waals surface area (Å²) < 4.78 is 5.30. The van der Waals surface area contributed by atoms with Crippen molar-refractivity contribution in [1.29, 1.82) is 0 Å². The Morgan fingerprint density at radius 3 is 2.50 bits per heavy atom. The molecule has 0 atom stereocenters. The molecule has 28 heavy (non-hydrogen) atoms. The van der Waals surface area contributed by atoms with Crippen molar-refractivity contribution in [2.75, 3.05) is 19.0 Å². The number of amides is 1. The Balaban J connectivity index is 1.72. The molecule has 1 aromatic heterocycles. The zero-order valence-corrected chi connectivity index (χ0v) is 16.5. The predicted octanol–water partition coefficient (Wildman–Crippen LogP) is 4.54. The summed E-state index contributed by atoms with van der Waals surface area (Å²) in [4.78, 5) is 23.0. The Morgan fingerprint density at radius 2 is 1.86 bits per heavy atom. The Kier molecular flexibility index (Phi) is 6.45. The van der Waals surface area contributed by atoms with E-state index in [0.717, 1.165) is 5.56 Å². The first kappa shape index (κ1) is 19.6. The molecule has 7 heteroatoms. The largest absolute Gasteiger partial charge is 0.495 e. The van der Waals surface area contributed by atoms with Gasteiger partial charge in [-0.3, -0.25) is 4.79 Å². The minimum atomic E-state index is -0.113. The molecule has 0 saturated carbocycles. The molecule has 3 rings (SSSR count). The van der Waals surface area contributed by atoms with E-state index >= 15 is 0 Å². The van der Waals surface area contributed by atoms with E-state index in [0.29, 0.717) is 41.1 Å². The lowest BCUT2D eigenvalue weighted by Crippen LogP contribution is -2.30. The summed E-state index contributed by atoms with van der Waals surface area (Å²) in [6.07, 6.45) is 3.03. The third kappa shape index (κ3) is 4.78. The second-order valence-electron chi connectivity index (χ2n) is 6.07. The van der Waals surface area contributed by atoms with Gasteiger partial charge in [0.15, 0.2) is 0 Å². The predicted molar refractivity (Wildman–Crippen MR) is 110 cm³/mol. The molecular formula is C21H21ClN4O2. The number of carbonyl (C=O) groups is 1. The van der Waals surface area contributed by atoms with Crippen molar-refractivity contribution >= 4 is 29.1 Å².